The first-order valence-electron chi connectivity index (χ1n) is 9.93. The van der Waals surface area contributed by atoms with E-state index in [0.29, 0.717) is 0 Å². The molecule has 7 heteroatoms. The van der Waals surface area contributed by atoms with Gasteiger partial charge in [0, 0.05) is 31.9 Å². The lowest BCUT2D eigenvalue weighted by Crippen LogP contribution is -2.53. The fraction of sp³-hybridized carbons (Fsp3) is 0.409. The van der Waals surface area contributed by atoms with Crippen molar-refractivity contribution in [1.29, 1.82) is 0 Å². The van der Waals surface area contributed by atoms with Crippen LogP contribution in [0.15, 0.2) is 59.5 Å². The lowest BCUT2D eigenvalue weighted by molar-refractivity contribution is -0.133. The molecule has 1 aliphatic rings. The Hall–Kier alpha value is -2.38. The summed E-state index contributed by atoms with van der Waals surface area (Å²) in [7, 11) is -1.99. The van der Waals surface area contributed by atoms with Gasteiger partial charge in [-0.1, -0.05) is 35.9 Å². The van der Waals surface area contributed by atoms with Gasteiger partial charge in [0.05, 0.1) is 10.9 Å². The minimum absolute atomic E-state index is 0.0442. The third kappa shape index (κ3) is 5.16. The van der Waals surface area contributed by atoms with Crippen LogP contribution in [-0.4, -0.2) is 51.4 Å². The minimum Gasteiger partial charge on any atom is -0.369 e. The van der Waals surface area contributed by atoms with E-state index in [9.17, 15) is 13.2 Å². The van der Waals surface area contributed by atoms with Crippen molar-refractivity contribution in [3.8, 4) is 0 Å². The second-order valence-corrected chi connectivity index (χ2v) is 9.40. The van der Waals surface area contributed by atoms with Gasteiger partial charge in [0.25, 0.3) is 0 Å². The molecule has 1 unspecified atom stereocenters. The van der Waals surface area contributed by atoms with Crippen molar-refractivity contribution >= 4 is 21.6 Å². The zero-order valence-corrected chi connectivity index (χ0v) is 18.0. The molecule has 1 aliphatic heterocycles. The smallest absolute Gasteiger partial charge is 0.241 e. The van der Waals surface area contributed by atoms with E-state index in [1.165, 1.54) is 0 Å². The molecule has 1 fully saturated rings. The van der Waals surface area contributed by atoms with E-state index in [1.54, 1.807) is 43.1 Å². The Labute approximate surface area is 173 Å². The molecule has 1 amide bonds. The molecule has 156 valence electrons. The van der Waals surface area contributed by atoms with E-state index in [2.05, 4.69) is 21.8 Å². The fourth-order valence-electron chi connectivity index (χ4n) is 3.70. The molecule has 2 aromatic rings. The molecule has 1 saturated heterocycles. The number of piperidine rings is 1. The molecule has 0 spiro atoms. The van der Waals surface area contributed by atoms with Crippen LogP contribution in [0.2, 0.25) is 0 Å². The molecule has 0 aromatic heterocycles. The average Bonchev–Trinajstić information content (AvgIpc) is 2.73. The summed E-state index contributed by atoms with van der Waals surface area (Å²) < 4.78 is 27.7. The number of nitrogens with one attached hydrogen (secondary N) is 1. The highest BCUT2D eigenvalue weighted by Gasteiger charge is 2.30. The minimum atomic E-state index is -3.75. The van der Waals surface area contributed by atoms with Crippen LogP contribution in [0, 0.1) is 6.92 Å². The van der Waals surface area contributed by atoms with Crippen LogP contribution < -0.4 is 9.62 Å². The van der Waals surface area contributed by atoms with Crippen molar-refractivity contribution in [1.82, 2.24) is 9.62 Å². The number of hydrogen-bond donors (Lipinski definition) is 1. The van der Waals surface area contributed by atoms with E-state index in [4.69, 9.17) is 0 Å². The van der Waals surface area contributed by atoms with E-state index in [1.807, 2.05) is 25.1 Å². The molecule has 3 rings (SSSR count). The van der Waals surface area contributed by atoms with Gasteiger partial charge in [0.15, 0.2) is 0 Å². The molecule has 2 aromatic carbocycles. The van der Waals surface area contributed by atoms with Crippen molar-refractivity contribution in [3.05, 3.63) is 60.2 Å². The number of anilines is 1. The third-order valence-corrected chi connectivity index (χ3v) is 7.00. The summed E-state index contributed by atoms with van der Waals surface area (Å²) in [5.41, 5.74) is 2.12. The zero-order valence-electron chi connectivity index (χ0n) is 17.2. The molecule has 1 heterocycles. The van der Waals surface area contributed by atoms with Gasteiger partial charge in [0.1, 0.15) is 0 Å². The molecular weight excluding hydrogens is 386 g/mol. The quantitative estimate of drug-likeness (QED) is 0.788. The number of likely N-dealkylation sites (N-methyl/N-ethyl adjacent to an activating group) is 1. The number of benzene rings is 2. The first-order chi connectivity index (χ1) is 13.8. The summed E-state index contributed by atoms with van der Waals surface area (Å²) in [6.07, 6.45) is 1.89. The average molecular weight is 416 g/mol. The van der Waals surface area contributed by atoms with E-state index >= 15 is 0 Å². The summed E-state index contributed by atoms with van der Waals surface area (Å²) in [6, 6.07) is 16.0. The van der Waals surface area contributed by atoms with Crippen LogP contribution in [0.1, 0.15) is 25.3 Å². The summed E-state index contributed by atoms with van der Waals surface area (Å²) in [5, 5.41) is 0. The Morgan fingerprint density at radius 2 is 1.79 bits per heavy atom. The Bertz CT molecular complexity index is 930. The molecular formula is C22H29N3O3S. The van der Waals surface area contributed by atoms with Gasteiger partial charge in [0.2, 0.25) is 15.9 Å². The van der Waals surface area contributed by atoms with Gasteiger partial charge in [-0.3, -0.25) is 4.79 Å². The molecule has 0 saturated carbocycles. The molecule has 29 heavy (non-hydrogen) atoms. The van der Waals surface area contributed by atoms with Gasteiger partial charge >= 0.3 is 0 Å². The van der Waals surface area contributed by atoms with Crippen molar-refractivity contribution in [3.63, 3.8) is 0 Å². The first kappa shape index (κ1) is 21.3. The molecule has 0 radical (unpaired) electrons. The number of para-hydroxylation sites is 1. The first-order valence-corrected chi connectivity index (χ1v) is 11.4. The van der Waals surface area contributed by atoms with E-state index in [0.717, 1.165) is 37.2 Å². The normalized spacial score (nSPS) is 18.3. The Kier molecular flexibility index (Phi) is 6.59. The topological polar surface area (TPSA) is 69.7 Å². The summed E-state index contributed by atoms with van der Waals surface area (Å²) in [6.45, 7) is 5.19. The lowest BCUT2D eigenvalue weighted by atomic mass is 10.0. The highest BCUT2D eigenvalue weighted by molar-refractivity contribution is 7.89. The molecule has 0 aliphatic carbocycles. The summed E-state index contributed by atoms with van der Waals surface area (Å²) in [4.78, 5) is 17.1. The Morgan fingerprint density at radius 1 is 1.14 bits per heavy atom. The van der Waals surface area contributed by atoms with Crippen LogP contribution in [0.3, 0.4) is 0 Å². The largest absolute Gasteiger partial charge is 0.369 e. The summed E-state index contributed by atoms with van der Waals surface area (Å²) in [5.74, 6) is -0.222. The van der Waals surface area contributed by atoms with E-state index < -0.39 is 16.1 Å². The predicted molar refractivity (Wildman–Crippen MR) is 115 cm³/mol. The maximum atomic E-state index is 12.9. The van der Waals surface area contributed by atoms with Crippen molar-refractivity contribution in [2.45, 2.75) is 43.7 Å². The number of rotatable bonds is 6. The summed E-state index contributed by atoms with van der Waals surface area (Å²) >= 11 is 0. The fourth-order valence-corrected chi connectivity index (χ4v) is 4.89. The molecule has 2 atom stereocenters. The predicted octanol–water partition coefficient (Wildman–Crippen LogP) is 2.79. The van der Waals surface area contributed by atoms with Crippen LogP contribution in [0.25, 0.3) is 0 Å². The maximum absolute atomic E-state index is 12.9. The van der Waals surface area contributed by atoms with Gasteiger partial charge in [-0.2, -0.15) is 4.72 Å². The van der Waals surface area contributed by atoms with Gasteiger partial charge in [-0.25, -0.2) is 8.42 Å². The number of aryl methyl sites for hydroxylation is 1. The highest BCUT2D eigenvalue weighted by Crippen LogP contribution is 2.22. The number of carbonyl (C=O) groups excluding carboxylic acids is 1. The Morgan fingerprint density at radius 3 is 2.45 bits per heavy atom. The number of nitrogens with zero attached hydrogens (tertiary/aromatic N) is 2. The van der Waals surface area contributed by atoms with Crippen LogP contribution in [-0.2, 0) is 14.8 Å². The maximum Gasteiger partial charge on any atom is 0.241 e. The third-order valence-electron chi connectivity index (χ3n) is 5.45. The lowest BCUT2D eigenvalue weighted by Gasteiger charge is -2.39. The number of hydrogen-bond acceptors (Lipinski definition) is 4. The zero-order chi connectivity index (χ0) is 21.0. The number of amides is 1. The van der Waals surface area contributed by atoms with Crippen LogP contribution >= 0.6 is 0 Å². The van der Waals surface area contributed by atoms with Gasteiger partial charge < -0.3 is 9.80 Å². The van der Waals surface area contributed by atoms with Gasteiger partial charge in [-0.15, -0.1) is 0 Å². The van der Waals surface area contributed by atoms with Crippen molar-refractivity contribution in [2.24, 2.45) is 0 Å². The highest BCUT2D eigenvalue weighted by atomic mass is 32.2. The standard InChI is InChI=1S/C22H29N3O3S/c1-17-11-13-21(14-12-17)29(27,28)23-18(2)22(26)24(3)20-10-7-15-25(16-20)19-8-5-4-6-9-19/h4-6,8-9,11-14,18,20,23H,7,10,15-16H2,1-3H3/t18-,20?/m0/s1. The number of sulfonamides is 1. The SMILES string of the molecule is Cc1ccc(S(=O)(=O)N[C@@H](C)C(=O)N(C)C2CCCN(c3ccccc3)C2)cc1. The second-order valence-electron chi connectivity index (χ2n) is 7.68. The number of carbonyl (C=O) groups is 1. The van der Waals surface area contributed by atoms with Crippen molar-refractivity contribution < 1.29 is 13.2 Å². The molecule has 6 nitrogen and oxygen atoms in total. The van der Waals surface area contributed by atoms with Crippen LogP contribution in [0.5, 0.6) is 0 Å². The molecule has 1 N–H and O–H groups in total. The second kappa shape index (κ2) is 8.97. The van der Waals surface area contributed by atoms with E-state index in [-0.39, 0.29) is 16.8 Å². The Balaban J connectivity index is 1.65. The van der Waals surface area contributed by atoms with Crippen LogP contribution in [0.4, 0.5) is 5.69 Å². The van der Waals surface area contributed by atoms with Gasteiger partial charge in [-0.05, 0) is 51.0 Å². The van der Waals surface area contributed by atoms with Crippen molar-refractivity contribution in [2.75, 3.05) is 25.0 Å². The molecule has 0 bridgehead atoms. The monoisotopic (exact) mass is 415 g/mol.